The van der Waals surface area contributed by atoms with Crippen LogP contribution in [0.5, 0.6) is 0 Å². The molecule has 1 N–H and O–H groups in total. The van der Waals surface area contributed by atoms with Crippen LogP contribution in [0.1, 0.15) is 42.1 Å². The van der Waals surface area contributed by atoms with E-state index in [0.29, 0.717) is 0 Å². The van der Waals surface area contributed by atoms with Crippen LogP contribution in [0.15, 0.2) is 15.5 Å². The number of hydrogen-bond donors (Lipinski definition) is 1. The van der Waals surface area contributed by atoms with Crippen LogP contribution in [0.2, 0.25) is 5.02 Å². The Labute approximate surface area is 111 Å². The monoisotopic (exact) mass is 319 g/mol. The first-order valence-corrected chi connectivity index (χ1v) is 6.53. The van der Waals surface area contributed by atoms with E-state index in [9.17, 15) is 9.59 Å². The molecule has 1 saturated carbocycles. The molecule has 4 nitrogen and oxygen atoms in total. The minimum atomic E-state index is -1.12. The van der Waals surface area contributed by atoms with E-state index >= 15 is 0 Å². The molecular weight excluding hydrogens is 309 g/mol. The number of carboxylic acids is 1. The molecule has 2 rings (SSSR count). The van der Waals surface area contributed by atoms with E-state index in [2.05, 4.69) is 15.9 Å². The Bertz CT molecular complexity index is 520. The third-order valence-corrected chi connectivity index (χ3v) is 4.42. The van der Waals surface area contributed by atoms with Gasteiger partial charge in [-0.1, -0.05) is 24.4 Å². The molecule has 0 atom stereocenters. The number of aromatic nitrogens is 1. The Balaban J connectivity index is 2.59. The van der Waals surface area contributed by atoms with Crippen molar-refractivity contribution in [3.05, 3.63) is 31.6 Å². The van der Waals surface area contributed by atoms with Gasteiger partial charge in [0.15, 0.2) is 0 Å². The zero-order chi connectivity index (χ0) is 12.6. The topological polar surface area (TPSA) is 59.3 Å². The van der Waals surface area contributed by atoms with Crippen molar-refractivity contribution in [1.29, 1.82) is 0 Å². The number of halogens is 2. The quantitative estimate of drug-likeness (QED) is 0.911. The molecule has 0 spiro atoms. The second-order valence-electron chi connectivity index (χ2n) is 4.13. The summed E-state index contributed by atoms with van der Waals surface area (Å²) in [6.45, 7) is 0. The van der Waals surface area contributed by atoms with Crippen molar-refractivity contribution in [3.63, 3.8) is 0 Å². The predicted molar refractivity (Wildman–Crippen MR) is 67.9 cm³/mol. The highest BCUT2D eigenvalue weighted by Crippen LogP contribution is 2.31. The van der Waals surface area contributed by atoms with E-state index in [0.717, 1.165) is 25.7 Å². The van der Waals surface area contributed by atoms with Gasteiger partial charge < -0.3 is 9.67 Å². The molecule has 6 heteroatoms. The molecule has 92 valence electrons. The van der Waals surface area contributed by atoms with Crippen molar-refractivity contribution in [1.82, 2.24) is 4.57 Å². The van der Waals surface area contributed by atoms with Gasteiger partial charge in [-0.2, -0.15) is 0 Å². The second-order valence-corrected chi connectivity index (χ2v) is 5.30. The Morgan fingerprint density at radius 3 is 2.59 bits per heavy atom. The third-order valence-electron chi connectivity index (χ3n) is 3.07. The molecule has 1 aromatic heterocycles. The van der Waals surface area contributed by atoms with Crippen molar-refractivity contribution < 1.29 is 9.90 Å². The van der Waals surface area contributed by atoms with E-state index in [1.54, 1.807) is 0 Å². The van der Waals surface area contributed by atoms with Crippen LogP contribution in [0.4, 0.5) is 0 Å². The van der Waals surface area contributed by atoms with Gasteiger partial charge in [-0.05, 0) is 28.8 Å². The number of hydrogen-bond acceptors (Lipinski definition) is 2. The zero-order valence-electron chi connectivity index (χ0n) is 8.95. The molecule has 0 unspecified atom stereocenters. The summed E-state index contributed by atoms with van der Waals surface area (Å²) >= 11 is 8.90. The third kappa shape index (κ3) is 2.26. The zero-order valence-corrected chi connectivity index (χ0v) is 11.3. The normalized spacial score (nSPS) is 16.4. The SMILES string of the molecule is O=C(O)c1cn(C2CCCC2)c(=O)c(Br)c1Cl. The Hall–Kier alpha value is -0.810. The highest BCUT2D eigenvalue weighted by Gasteiger charge is 2.23. The highest BCUT2D eigenvalue weighted by atomic mass is 79.9. The molecule has 0 saturated heterocycles. The summed E-state index contributed by atoms with van der Waals surface area (Å²) in [5.74, 6) is -1.12. The van der Waals surface area contributed by atoms with Crippen LogP contribution < -0.4 is 5.56 Å². The molecule has 0 bridgehead atoms. The van der Waals surface area contributed by atoms with E-state index in [-0.39, 0.29) is 26.7 Å². The molecule has 1 fully saturated rings. The van der Waals surface area contributed by atoms with Gasteiger partial charge in [0.1, 0.15) is 4.47 Å². The smallest absolute Gasteiger partial charge is 0.338 e. The molecule has 17 heavy (non-hydrogen) atoms. The van der Waals surface area contributed by atoms with Crippen molar-refractivity contribution in [3.8, 4) is 0 Å². The summed E-state index contributed by atoms with van der Waals surface area (Å²) in [6.07, 6.45) is 5.31. The van der Waals surface area contributed by atoms with E-state index in [1.807, 2.05) is 0 Å². The maximum Gasteiger partial charge on any atom is 0.338 e. The van der Waals surface area contributed by atoms with Gasteiger partial charge in [-0.25, -0.2) is 4.79 Å². The standard InChI is InChI=1S/C11H11BrClNO3/c12-8-9(13)7(11(16)17)5-14(10(8)15)6-3-1-2-4-6/h5-6H,1-4H2,(H,16,17). The van der Waals surface area contributed by atoms with Crippen LogP contribution >= 0.6 is 27.5 Å². The minimum Gasteiger partial charge on any atom is -0.478 e. The second kappa shape index (κ2) is 4.82. The fraction of sp³-hybridized carbons (Fsp3) is 0.455. The molecule has 1 heterocycles. The predicted octanol–water partition coefficient (Wildman–Crippen LogP) is 3.08. The van der Waals surface area contributed by atoms with Crippen molar-refractivity contribution in [2.75, 3.05) is 0 Å². The Kier molecular flexibility index (Phi) is 3.58. The number of aromatic carboxylic acids is 1. The summed E-state index contributed by atoms with van der Waals surface area (Å²) in [5, 5.41) is 9.00. The molecule has 0 aromatic carbocycles. The summed E-state index contributed by atoms with van der Waals surface area (Å²) in [5.41, 5.74) is -0.294. The van der Waals surface area contributed by atoms with Gasteiger partial charge in [0, 0.05) is 12.2 Å². The maximum atomic E-state index is 12.0. The van der Waals surface area contributed by atoms with Gasteiger partial charge in [-0.3, -0.25) is 4.79 Å². The largest absolute Gasteiger partial charge is 0.478 e. The van der Waals surface area contributed by atoms with E-state index in [4.69, 9.17) is 16.7 Å². The number of carbonyl (C=O) groups is 1. The average molecular weight is 321 g/mol. The fourth-order valence-corrected chi connectivity index (χ4v) is 2.81. The van der Waals surface area contributed by atoms with Gasteiger partial charge in [0.05, 0.1) is 10.6 Å². The lowest BCUT2D eigenvalue weighted by Gasteiger charge is -2.15. The number of carboxylic acid groups (broad SMARTS) is 1. The van der Waals surface area contributed by atoms with Crippen LogP contribution in [-0.2, 0) is 0 Å². The molecule has 1 aromatic rings. The summed E-state index contributed by atoms with van der Waals surface area (Å²) in [4.78, 5) is 23.0. The Morgan fingerprint density at radius 2 is 2.06 bits per heavy atom. The number of pyridine rings is 1. The first-order chi connectivity index (χ1) is 8.02. The molecule has 0 amide bonds. The number of rotatable bonds is 2. The van der Waals surface area contributed by atoms with E-state index < -0.39 is 5.97 Å². The van der Waals surface area contributed by atoms with Crippen LogP contribution in [-0.4, -0.2) is 15.6 Å². The first-order valence-electron chi connectivity index (χ1n) is 5.35. The van der Waals surface area contributed by atoms with Crippen molar-refractivity contribution >= 4 is 33.5 Å². The highest BCUT2D eigenvalue weighted by molar-refractivity contribution is 9.10. The van der Waals surface area contributed by atoms with Crippen molar-refractivity contribution in [2.24, 2.45) is 0 Å². The number of nitrogens with zero attached hydrogens (tertiary/aromatic N) is 1. The lowest BCUT2D eigenvalue weighted by molar-refractivity contribution is 0.0695. The average Bonchev–Trinajstić information content (AvgIpc) is 2.79. The molecular formula is C11H11BrClNO3. The van der Waals surface area contributed by atoms with Gasteiger partial charge in [0.25, 0.3) is 5.56 Å². The van der Waals surface area contributed by atoms with Crippen molar-refractivity contribution in [2.45, 2.75) is 31.7 Å². The van der Waals surface area contributed by atoms with Gasteiger partial charge in [0.2, 0.25) is 0 Å². The fourth-order valence-electron chi connectivity index (χ4n) is 2.18. The molecule has 0 radical (unpaired) electrons. The van der Waals surface area contributed by atoms with Gasteiger partial charge >= 0.3 is 5.97 Å². The summed E-state index contributed by atoms with van der Waals surface area (Å²) in [7, 11) is 0. The molecule has 1 aliphatic rings. The minimum absolute atomic E-state index is 0.0308. The first kappa shape index (κ1) is 12.6. The lowest BCUT2D eigenvalue weighted by atomic mass is 10.2. The molecule has 0 aliphatic heterocycles. The molecule has 1 aliphatic carbocycles. The Morgan fingerprint density at radius 1 is 1.47 bits per heavy atom. The van der Waals surface area contributed by atoms with Crippen LogP contribution in [0, 0.1) is 0 Å². The van der Waals surface area contributed by atoms with E-state index in [1.165, 1.54) is 10.8 Å². The summed E-state index contributed by atoms with van der Waals surface area (Å²) in [6, 6.07) is 0.0918. The summed E-state index contributed by atoms with van der Waals surface area (Å²) < 4.78 is 1.62. The maximum absolute atomic E-state index is 12.0. The van der Waals surface area contributed by atoms with Gasteiger partial charge in [-0.15, -0.1) is 0 Å². The van der Waals surface area contributed by atoms with Crippen LogP contribution in [0.25, 0.3) is 0 Å². The van der Waals surface area contributed by atoms with Crippen LogP contribution in [0.3, 0.4) is 0 Å². The lowest BCUT2D eigenvalue weighted by Crippen LogP contribution is -2.25.